The summed E-state index contributed by atoms with van der Waals surface area (Å²) in [6, 6.07) is 22.0. The molecule has 0 saturated heterocycles. The van der Waals surface area contributed by atoms with E-state index in [4.69, 9.17) is 19.9 Å². The molecule has 0 aliphatic carbocycles. The minimum Gasteiger partial charge on any atom is -0.493 e. The lowest BCUT2D eigenvalue weighted by atomic mass is 10.1. The number of hydrogen-bond acceptors (Lipinski definition) is 6. The van der Waals surface area contributed by atoms with Gasteiger partial charge in [0, 0.05) is 34.5 Å². The van der Waals surface area contributed by atoms with Crippen molar-refractivity contribution in [2.75, 3.05) is 7.11 Å². The van der Waals surface area contributed by atoms with Gasteiger partial charge in [0.25, 0.3) is 0 Å². The first kappa shape index (κ1) is 30.4. The van der Waals surface area contributed by atoms with Crippen molar-refractivity contribution in [2.24, 2.45) is 0 Å². The lowest BCUT2D eigenvalue weighted by molar-refractivity contribution is 0.371. The predicted molar refractivity (Wildman–Crippen MR) is 182 cm³/mol. The highest BCUT2D eigenvalue weighted by atomic mass is 19.1. The zero-order valence-corrected chi connectivity index (χ0v) is 26.4. The van der Waals surface area contributed by atoms with Crippen molar-refractivity contribution in [3.63, 3.8) is 0 Å². The Kier molecular flexibility index (Phi) is 8.19. The van der Waals surface area contributed by atoms with E-state index in [1.807, 2.05) is 56.3 Å². The van der Waals surface area contributed by atoms with Crippen molar-refractivity contribution in [1.82, 2.24) is 30.6 Å². The third-order valence-electron chi connectivity index (χ3n) is 7.36. The Hall–Kier alpha value is -5.64. The number of benzene rings is 4. The smallest absolute Gasteiger partial charge is 0.169 e. The number of imidazole rings is 2. The van der Waals surface area contributed by atoms with Crippen LogP contribution in [0.5, 0.6) is 17.2 Å². The summed E-state index contributed by atoms with van der Waals surface area (Å²) < 4.78 is 26.9. The van der Waals surface area contributed by atoms with E-state index >= 15 is 4.39 Å². The number of aromatic nitrogens is 4. The summed E-state index contributed by atoms with van der Waals surface area (Å²) in [6.07, 6.45) is 0. The standard InChI is InChI=1S/C36H36FN7O2/c1-19(2)39-21(5)22-7-11-27-29(16-22)43-35(41-27)24-9-13-31(26(37)15-24)46-32-14-10-25(18-33(32)45-6)36-42-28-12-8-23(17-30(28)44-36)34(38)40-20(3)4/h7-20,39H,5H2,1-4,6H3,(H2,38,40)(H,41,43)(H,42,44). The zero-order chi connectivity index (χ0) is 32.5. The van der Waals surface area contributed by atoms with Crippen LogP contribution in [0.1, 0.15) is 38.8 Å². The molecule has 0 atom stereocenters. The number of aromatic amines is 2. The zero-order valence-electron chi connectivity index (χ0n) is 26.4. The van der Waals surface area contributed by atoms with Gasteiger partial charge in [0.15, 0.2) is 23.1 Å². The highest BCUT2D eigenvalue weighted by molar-refractivity contribution is 5.99. The molecule has 0 unspecified atom stereocenters. The molecule has 0 spiro atoms. The van der Waals surface area contributed by atoms with E-state index in [0.29, 0.717) is 34.5 Å². The number of amidine groups is 1. The van der Waals surface area contributed by atoms with Gasteiger partial charge >= 0.3 is 0 Å². The molecule has 0 radical (unpaired) electrons. The van der Waals surface area contributed by atoms with Crippen molar-refractivity contribution < 1.29 is 13.9 Å². The normalized spacial score (nSPS) is 11.4. The highest BCUT2D eigenvalue weighted by Gasteiger charge is 2.16. The van der Waals surface area contributed by atoms with Gasteiger partial charge in [0.2, 0.25) is 0 Å². The number of H-pyrrole nitrogens is 2. The molecule has 0 aliphatic heterocycles. The minimum atomic E-state index is -0.537. The van der Waals surface area contributed by atoms with Crippen LogP contribution in [-0.4, -0.2) is 45.0 Å². The van der Waals surface area contributed by atoms with Crippen molar-refractivity contribution in [3.8, 4) is 40.0 Å². The molecule has 0 fully saturated rings. The minimum absolute atomic E-state index is 0.0537. The topological polar surface area (TPSA) is 124 Å². The molecule has 9 nitrogen and oxygen atoms in total. The first-order valence-corrected chi connectivity index (χ1v) is 15.0. The molecule has 6 aromatic rings. The first-order chi connectivity index (χ1) is 22.1. The Labute approximate surface area is 266 Å². The lowest BCUT2D eigenvalue weighted by Crippen LogP contribution is -2.30. The van der Waals surface area contributed by atoms with Crippen molar-refractivity contribution >= 4 is 33.6 Å². The molecule has 5 N–H and O–H groups in total. The van der Waals surface area contributed by atoms with Crippen molar-refractivity contribution in [1.29, 1.82) is 5.41 Å². The van der Waals surface area contributed by atoms with Gasteiger partial charge < -0.3 is 30.1 Å². The van der Waals surface area contributed by atoms with Gasteiger partial charge in [0.05, 0.1) is 29.2 Å². The number of nitrogens with zero attached hydrogens (tertiary/aromatic N) is 2. The van der Waals surface area contributed by atoms with Crippen LogP contribution in [-0.2, 0) is 0 Å². The number of methoxy groups -OCH3 is 1. The molecule has 0 amide bonds. The van der Waals surface area contributed by atoms with E-state index < -0.39 is 5.82 Å². The van der Waals surface area contributed by atoms with Crippen LogP contribution in [0.3, 0.4) is 0 Å². The summed E-state index contributed by atoms with van der Waals surface area (Å²) in [5.41, 5.74) is 7.09. The van der Waals surface area contributed by atoms with Crippen LogP contribution < -0.4 is 20.1 Å². The summed E-state index contributed by atoms with van der Waals surface area (Å²) in [4.78, 5) is 16.0. The summed E-state index contributed by atoms with van der Waals surface area (Å²) in [5.74, 6) is 1.83. The van der Waals surface area contributed by atoms with Crippen LogP contribution in [0.15, 0.2) is 79.4 Å². The van der Waals surface area contributed by atoms with Crippen LogP contribution >= 0.6 is 0 Å². The average molecular weight is 618 g/mol. The fourth-order valence-corrected chi connectivity index (χ4v) is 5.19. The summed E-state index contributed by atoms with van der Waals surface area (Å²) in [6.45, 7) is 12.2. The van der Waals surface area contributed by atoms with Crippen molar-refractivity contribution in [2.45, 2.75) is 39.8 Å². The molecule has 0 bridgehead atoms. The van der Waals surface area contributed by atoms with E-state index in [-0.39, 0.29) is 17.8 Å². The number of halogens is 1. The second kappa shape index (κ2) is 12.4. The Morgan fingerprint density at radius 1 is 0.739 bits per heavy atom. The van der Waals surface area contributed by atoms with Crippen LogP contribution in [0, 0.1) is 11.2 Å². The SMILES string of the molecule is C=C(NC(C)C)c1ccc2nc(-c3ccc(Oc4ccc(-c5nc6ccc(C(=N)NC(C)C)cc6[nH]5)cc4OC)c(F)c3)[nH]c2c1. The maximum atomic E-state index is 15.4. The summed E-state index contributed by atoms with van der Waals surface area (Å²) in [7, 11) is 1.53. The van der Waals surface area contributed by atoms with E-state index in [9.17, 15) is 0 Å². The number of hydrogen-bond donors (Lipinski definition) is 5. The largest absolute Gasteiger partial charge is 0.493 e. The van der Waals surface area contributed by atoms with Gasteiger partial charge in [-0.05, 0) is 100.0 Å². The van der Waals surface area contributed by atoms with E-state index in [2.05, 4.69) is 46.0 Å². The number of nitrogens with one attached hydrogen (secondary N) is 5. The van der Waals surface area contributed by atoms with Gasteiger partial charge in [-0.3, -0.25) is 5.41 Å². The molecule has 234 valence electrons. The second-order valence-electron chi connectivity index (χ2n) is 11.7. The van der Waals surface area contributed by atoms with Crippen molar-refractivity contribution in [3.05, 3.63) is 96.3 Å². The van der Waals surface area contributed by atoms with Gasteiger partial charge in [-0.25, -0.2) is 14.4 Å². The second-order valence-corrected chi connectivity index (χ2v) is 11.7. The Balaban J connectivity index is 1.21. The number of rotatable bonds is 10. The number of fused-ring (bicyclic) bond motifs is 2. The maximum Gasteiger partial charge on any atom is 0.169 e. The molecule has 2 aromatic heterocycles. The maximum absolute atomic E-state index is 15.4. The fraction of sp³-hybridized carbons (Fsp3) is 0.194. The third kappa shape index (κ3) is 6.28. The lowest BCUT2D eigenvalue weighted by Gasteiger charge is -2.12. The van der Waals surface area contributed by atoms with Crippen LogP contribution in [0.4, 0.5) is 4.39 Å². The molecule has 10 heteroatoms. The van der Waals surface area contributed by atoms with E-state index in [1.54, 1.807) is 24.3 Å². The van der Waals surface area contributed by atoms with Crippen LogP contribution in [0.2, 0.25) is 0 Å². The fourth-order valence-electron chi connectivity index (χ4n) is 5.19. The molecule has 2 heterocycles. The molecule has 6 rings (SSSR count). The highest BCUT2D eigenvalue weighted by Crippen LogP contribution is 2.37. The summed E-state index contributed by atoms with van der Waals surface area (Å²) in [5, 5.41) is 14.7. The molecular formula is C36H36FN7O2. The van der Waals surface area contributed by atoms with Gasteiger partial charge in [0.1, 0.15) is 17.5 Å². The Morgan fingerprint density at radius 2 is 1.30 bits per heavy atom. The van der Waals surface area contributed by atoms with Crippen LogP contribution in [0.25, 0.3) is 50.5 Å². The first-order valence-electron chi connectivity index (χ1n) is 15.0. The molecule has 46 heavy (non-hydrogen) atoms. The van der Waals surface area contributed by atoms with Gasteiger partial charge in [-0.1, -0.05) is 12.6 Å². The van der Waals surface area contributed by atoms with Gasteiger partial charge in [-0.2, -0.15) is 0 Å². The monoisotopic (exact) mass is 617 g/mol. The molecule has 4 aromatic carbocycles. The third-order valence-corrected chi connectivity index (χ3v) is 7.36. The molecule has 0 aliphatic rings. The quantitative estimate of drug-likeness (QED) is 0.0784. The molecular weight excluding hydrogens is 581 g/mol. The molecule has 0 saturated carbocycles. The average Bonchev–Trinajstić information content (AvgIpc) is 3.65. The van der Waals surface area contributed by atoms with E-state index in [1.165, 1.54) is 13.2 Å². The predicted octanol–water partition coefficient (Wildman–Crippen LogP) is 8.01. The Bertz CT molecular complexity index is 2090. The van der Waals surface area contributed by atoms with E-state index in [0.717, 1.165) is 44.5 Å². The Morgan fingerprint density at radius 3 is 1.89 bits per heavy atom. The summed E-state index contributed by atoms with van der Waals surface area (Å²) >= 11 is 0. The van der Waals surface area contributed by atoms with Gasteiger partial charge in [-0.15, -0.1) is 0 Å². The number of ether oxygens (including phenoxy) is 2.